The minimum Gasteiger partial charge on any atom is -0.478 e. The average molecular weight is 344 g/mol. The van der Waals surface area contributed by atoms with Crippen LogP contribution >= 0.6 is 0 Å². The Morgan fingerprint density at radius 3 is 2.68 bits per heavy atom. The molecule has 9 nitrogen and oxygen atoms in total. The van der Waals surface area contributed by atoms with Crippen LogP contribution in [0.2, 0.25) is 0 Å². The molecule has 2 aromatic heterocycles. The van der Waals surface area contributed by atoms with Crippen LogP contribution in [-0.4, -0.2) is 63.8 Å². The van der Waals surface area contributed by atoms with Crippen molar-refractivity contribution < 1.29 is 14.6 Å². The Labute approximate surface area is 145 Å². The SMILES string of the molecule is CCOc1ccnc(N2CCCN(c3cnc(C(=O)O)cn3)CC2)n1. The van der Waals surface area contributed by atoms with Crippen molar-refractivity contribution in [3.63, 3.8) is 0 Å². The number of carboxylic acids is 1. The van der Waals surface area contributed by atoms with Crippen LogP contribution < -0.4 is 14.5 Å². The molecule has 3 heterocycles. The third-order valence-electron chi connectivity index (χ3n) is 3.87. The summed E-state index contributed by atoms with van der Waals surface area (Å²) in [6.45, 7) is 5.58. The Hall–Kier alpha value is -2.97. The van der Waals surface area contributed by atoms with E-state index in [-0.39, 0.29) is 5.69 Å². The standard InChI is InChI=1S/C16H20N6O3/c1-2-25-14-4-5-17-16(20-14)22-7-3-6-21(8-9-22)13-11-18-12(10-19-13)15(23)24/h4-5,10-11H,2-3,6-9H2,1H3,(H,23,24). The molecule has 132 valence electrons. The van der Waals surface area contributed by atoms with Gasteiger partial charge in [-0.05, 0) is 13.3 Å². The Morgan fingerprint density at radius 1 is 1.16 bits per heavy atom. The first-order valence-corrected chi connectivity index (χ1v) is 8.18. The molecule has 0 amide bonds. The fourth-order valence-electron chi connectivity index (χ4n) is 2.65. The van der Waals surface area contributed by atoms with E-state index in [1.54, 1.807) is 12.3 Å². The quantitative estimate of drug-likeness (QED) is 0.853. The molecule has 0 spiro atoms. The highest BCUT2D eigenvalue weighted by Gasteiger charge is 2.19. The van der Waals surface area contributed by atoms with Gasteiger partial charge in [0, 0.05) is 38.4 Å². The molecule has 0 atom stereocenters. The Balaban J connectivity index is 1.67. The van der Waals surface area contributed by atoms with E-state index >= 15 is 0 Å². The first-order valence-electron chi connectivity index (χ1n) is 8.18. The second-order valence-electron chi connectivity index (χ2n) is 5.52. The van der Waals surface area contributed by atoms with E-state index in [1.165, 1.54) is 12.4 Å². The summed E-state index contributed by atoms with van der Waals surface area (Å²) in [7, 11) is 0. The summed E-state index contributed by atoms with van der Waals surface area (Å²) < 4.78 is 5.44. The van der Waals surface area contributed by atoms with Crippen molar-refractivity contribution in [3.8, 4) is 5.88 Å². The van der Waals surface area contributed by atoms with E-state index < -0.39 is 5.97 Å². The maximum absolute atomic E-state index is 10.9. The van der Waals surface area contributed by atoms with Crippen LogP contribution in [0.5, 0.6) is 5.88 Å². The maximum Gasteiger partial charge on any atom is 0.356 e. The minimum absolute atomic E-state index is 0.0543. The third kappa shape index (κ3) is 4.11. The van der Waals surface area contributed by atoms with Crippen molar-refractivity contribution in [2.45, 2.75) is 13.3 Å². The van der Waals surface area contributed by atoms with Gasteiger partial charge in [0.15, 0.2) is 5.69 Å². The summed E-state index contributed by atoms with van der Waals surface area (Å²) in [5.41, 5.74) is -0.0543. The molecule has 1 aliphatic heterocycles. The van der Waals surface area contributed by atoms with Crippen LogP contribution in [-0.2, 0) is 0 Å². The number of aromatic carboxylic acids is 1. The Bertz CT molecular complexity index is 724. The summed E-state index contributed by atoms with van der Waals surface area (Å²) in [5.74, 6) is 0.826. The van der Waals surface area contributed by atoms with Crippen LogP contribution in [0.15, 0.2) is 24.7 Å². The maximum atomic E-state index is 10.9. The van der Waals surface area contributed by atoms with Gasteiger partial charge in [0.1, 0.15) is 5.82 Å². The summed E-state index contributed by atoms with van der Waals surface area (Å²) in [4.78, 5) is 32.0. The fourth-order valence-corrected chi connectivity index (χ4v) is 2.65. The topological polar surface area (TPSA) is 105 Å². The summed E-state index contributed by atoms with van der Waals surface area (Å²) in [6, 6.07) is 1.75. The van der Waals surface area contributed by atoms with Crippen LogP contribution in [0.1, 0.15) is 23.8 Å². The first kappa shape index (κ1) is 16.9. The van der Waals surface area contributed by atoms with Gasteiger partial charge in [-0.1, -0.05) is 0 Å². The van der Waals surface area contributed by atoms with Gasteiger partial charge in [-0.25, -0.2) is 19.7 Å². The van der Waals surface area contributed by atoms with Crippen molar-refractivity contribution in [2.75, 3.05) is 42.6 Å². The van der Waals surface area contributed by atoms with Crippen LogP contribution in [0.3, 0.4) is 0 Å². The molecular formula is C16H20N6O3. The summed E-state index contributed by atoms with van der Waals surface area (Å²) >= 11 is 0. The van der Waals surface area contributed by atoms with Gasteiger partial charge < -0.3 is 19.6 Å². The Morgan fingerprint density at radius 2 is 1.96 bits per heavy atom. The molecule has 1 aliphatic rings. The molecule has 0 aliphatic carbocycles. The number of carbonyl (C=O) groups is 1. The molecule has 1 saturated heterocycles. The van der Waals surface area contributed by atoms with Gasteiger partial charge in [0.2, 0.25) is 11.8 Å². The molecule has 0 bridgehead atoms. The number of nitrogens with zero attached hydrogens (tertiary/aromatic N) is 6. The zero-order chi connectivity index (χ0) is 17.6. The van der Waals surface area contributed by atoms with Gasteiger partial charge in [-0.2, -0.15) is 4.98 Å². The predicted molar refractivity (Wildman–Crippen MR) is 91.2 cm³/mol. The van der Waals surface area contributed by atoms with Crippen molar-refractivity contribution in [1.82, 2.24) is 19.9 Å². The number of hydrogen-bond donors (Lipinski definition) is 1. The van der Waals surface area contributed by atoms with Gasteiger partial charge in [0.25, 0.3) is 0 Å². The molecule has 1 N–H and O–H groups in total. The number of aromatic nitrogens is 4. The molecule has 1 fully saturated rings. The van der Waals surface area contributed by atoms with Gasteiger partial charge in [-0.3, -0.25) is 0 Å². The van der Waals surface area contributed by atoms with E-state index in [2.05, 4.69) is 29.7 Å². The molecule has 0 saturated carbocycles. The van der Waals surface area contributed by atoms with E-state index in [4.69, 9.17) is 9.84 Å². The van der Waals surface area contributed by atoms with Crippen molar-refractivity contribution in [1.29, 1.82) is 0 Å². The van der Waals surface area contributed by atoms with Crippen molar-refractivity contribution in [3.05, 3.63) is 30.4 Å². The summed E-state index contributed by atoms with van der Waals surface area (Å²) in [6.07, 6.45) is 5.40. The van der Waals surface area contributed by atoms with Gasteiger partial charge in [-0.15, -0.1) is 0 Å². The van der Waals surface area contributed by atoms with Gasteiger partial charge >= 0.3 is 5.97 Å². The highest BCUT2D eigenvalue weighted by molar-refractivity contribution is 5.84. The minimum atomic E-state index is -1.08. The zero-order valence-corrected chi connectivity index (χ0v) is 14.0. The van der Waals surface area contributed by atoms with E-state index in [0.29, 0.717) is 24.3 Å². The lowest BCUT2D eigenvalue weighted by Crippen LogP contribution is -2.32. The molecule has 9 heteroatoms. The smallest absolute Gasteiger partial charge is 0.356 e. The largest absolute Gasteiger partial charge is 0.478 e. The van der Waals surface area contributed by atoms with Crippen LogP contribution in [0.4, 0.5) is 11.8 Å². The second kappa shape index (κ2) is 7.73. The lowest BCUT2D eigenvalue weighted by molar-refractivity contribution is 0.0690. The molecule has 3 rings (SSSR count). The highest BCUT2D eigenvalue weighted by atomic mass is 16.5. The average Bonchev–Trinajstić information content (AvgIpc) is 2.88. The molecule has 0 radical (unpaired) electrons. The lowest BCUT2D eigenvalue weighted by atomic mass is 10.4. The van der Waals surface area contributed by atoms with Gasteiger partial charge in [0.05, 0.1) is 19.0 Å². The number of hydrogen-bond acceptors (Lipinski definition) is 8. The zero-order valence-electron chi connectivity index (χ0n) is 14.0. The van der Waals surface area contributed by atoms with E-state index in [1.807, 2.05) is 6.92 Å². The second-order valence-corrected chi connectivity index (χ2v) is 5.52. The molecular weight excluding hydrogens is 324 g/mol. The summed E-state index contributed by atoms with van der Waals surface area (Å²) in [5, 5.41) is 8.91. The normalized spacial score (nSPS) is 14.9. The first-order chi connectivity index (χ1) is 12.2. The van der Waals surface area contributed by atoms with Crippen LogP contribution in [0, 0.1) is 0 Å². The molecule has 2 aromatic rings. The number of rotatable bonds is 5. The third-order valence-corrected chi connectivity index (χ3v) is 3.87. The number of ether oxygens (including phenoxy) is 1. The highest BCUT2D eigenvalue weighted by Crippen LogP contribution is 2.17. The molecule has 0 aromatic carbocycles. The number of carboxylic acid groups (broad SMARTS) is 1. The molecule has 25 heavy (non-hydrogen) atoms. The van der Waals surface area contributed by atoms with E-state index in [9.17, 15) is 4.79 Å². The Kier molecular flexibility index (Phi) is 5.22. The number of anilines is 2. The molecule has 0 unspecified atom stereocenters. The lowest BCUT2D eigenvalue weighted by Gasteiger charge is -2.22. The predicted octanol–water partition coefficient (Wildman–Crippen LogP) is 1.08. The van der Waals surface area contributed by atoms with Crippen molar-refractivity contribution >= 4 is 17.7 Å². The van der Waals surface area contributed by atoms with Crippen molar-refractivity contribution in [2.24, 2.45) is 0 Å². The van der Waals surface area contributed by atoms with Crippen LogP contribution in [0.25, 0.3) is 0 Å². The fraction of sp³-hybridized carbons (Fsp3) is 0.438. The van der Waals surface area contributed by atoms with E-state index in [0.717, 1.165) is 32.6 Å². The monoisotopic (exact) mass is 344 g/mol.